The van der Waals surface area contributed by atoms with Gasteiger partial charge in [-0.25, -0.2) is 4.21 Å². The van der Waals surface area contributed by atoms with Crippen molar-refractivity contribution < 1.29 is 18.6 Å². The molecule has 0 spiro atoms. The summed E-state index contributed by atoms with van der Waals surface area (Å²) < 4.78 is 25.2. The average molecular weight is 334 g/mol. The number of fused-ring (bicyclic) bond motifs is 1. The molecule has 1 heterocycles. The summed E-state index contributed by atoms with van der Waals surface area (Å²) in [6.07, 6.45) is 0. The zero-order valence-corrected chi connectivity index (χ0v) is 13.1. The van der Waals surface area contributed by atoms with Crippen LogP contribution in [-0.4, -0.2) is 29.4 Å². The van der Waals surface area contributed by atoms with Gasteiger partial charge >= 0.3 is 0 Å². The fourth-order valence-electron chi connectivity index (χ4n) is 2.28. The van der Waals surface area contributed by atoms with Crippen LogP contribution in [0.15, 0.2) is 47.4 Å². The van der Waals surface area contributed by atoms with Crippen LogP contribution in [-0.2, 0) is 11.0 Å². The number of hydrogen-bond donors (Lipinski definition) is 0. The van der Waals surface area contributed by atoms with Crippen molar-refractivity contribution in [2.45, 2.75) is 4.90 Å². The number of anilines is 1. The molecule has 1 unspecified atom stereocenters. The summed E-state index contributed by atoms with van der Waals surface area (Å²) in [5.74, 6) is 1.10. The SMILES string of the molecule is COc1ccc(N2CCOc3ccc([N+](=O)[O-])cc3S2=O)cc1. The normalized spacial score (nSPS) is 16.9. The number of hydrogen-bond acceptors (Lipinski definition) is 5. The Morgan fingerprint density at radius 2 is 2.00 bits per heavy atom. The number of non-ortho nitro benzene ring substituents is 1. The third-order valence-corrected chi connectivity index (χ3v) is 4.93. The molecule has 0 N–H and O–H groups in total. The smallest absolute Gasteiger partial charge is 0.270 e. The Morgan fingerprint density at radius 1 is 1.26 bits per heavy atom. The first-order valence-electron chi connectivity index (χ1n) is 6.85. The summed E-state index contributed by atoms with van der Waals surface area (Å²) >= 11 is 0. The number of rotatable bonds is 3. The number of nitro groups is 1. The molecule has 7 nitrogen and oxygen atoms in total. The predicted octanol–water partition coefficient (Wildman–Crippen LogP) is 2.53. The minimum atomic E-state index is -1.59. The van der Waals surface area contributed by atoms with E-state index in [1.54, 1.807) is 35.7 Å². The third-order valence-electron chi connectivity index (χ3n) is 3.44. The Bertz CT molecular complexity index is 763. The molecular weight excluding hydrogens is 320 g/mol. The molecule has 1 aliphatic rings. The Morgan fingerprint density at radius 3 is 2.65 bits per heavy atom. The van der Waals surface area contributed by atoms with Gasteiger partial charge in [0.25, 0.3) is 5.69 Å². The number of methoxy groups -OCH3 is 1. The molecule has 120 valence electrons. The van der Waals surface area contributed by atoms with Gasteiger partial charge in [0.15, 0.2) is 11.0 Å². The van der Waals surface area contributed by atoms with Crippen molar-refractivity contribution in [2.24, 2.45) is 0 Å². The lowest BCUT2D eigenvalue weighted by molar-refractivity contribution is -0.385. The Kier molecular flexibility index (Phi) is 4.16. The van der Waals surface area contributed by atoms with Gasteiger partial charge in [-0.15, -0.1) is 0 Å². The van der Waals surface area contributed by atoms with Crippen LogP contribution in [0.2, 0.25) is 0 Å². The van der Waals surface area contributed by atoms with E-state index >= 15 is 0 Å². The lowest BCUT2D eigenvalue weighted by atomic mass is 10.3. The minimum Gasteiger partial charge on any atom is -0.497 e. The molecule has 2 aromatic carbocycles. The standard InChI is InChI=1S/C15H14N2O5S/c1-21-13-5-2-11(3-6-13)16-8-9-22-14-7-4-12(17(18)19)10-15(14)23(16)20/h2-7,10H,8-9H2,1H3. The van der Waals surface area contributed by atoms with Gasteiger partial charge in [-0.3, -0.25) is 14.4 Å². The van der Waals surface area contributed by atoms with Crippen LogP contribution < -0.4 is 13.8 Å². The average Bonchev–Trinajstić information content (AvgIpc) is 2.74. The van der Waals surface area contributed by atoms with Crippen LogP contribution in [0.1, 0.15) is 0 Å². The van der Waals surface area contributed by atoms with Crippen LogP contribution in [0, 0.1) is 10.1 Å². The molecule has 0 aliphatic carbocycles. The maximum Gasteiger partial charge on any atom is 0.270 e. The van der Waals surface area contributed by atoms with E-state index in [1.165, 1.54) is 18.2 Å². The van der Waals surface area contributed by atoms with Crippen LogP contribution >= 0.6 is 0 Å². The largest absolute Gasteiger partial charge is 0.497 e. The van der Waals surface area contributed by atoms with Crippen LogP contribution in [0.25, 0.3) is 0 Å². The highest BCUT2D eigenvalue weighted by molar-refractivity contribution is 7.86. The van der Waals surface area contributed by atoms with E-state index in [2.05, 4.69) is 0 Å². The summed E-state index contributed by atoms with van der Waals surface area (Å²) in [7, 11) is -0.0218. The van der Waals surface area contributed by atoms with E-state index in [9.17, 15) is 14.3 Å². The van der Waals surface area contributed by atoms with Crippen molar-refractivity contribution in [1.82, 2.24) is 0 Å². The summed E-state index contributed by atoms with van der Waals surface area (Å²) in [5.41, 5.74) is 0.615. The Hall–Kier alpha value is -2.61. The van der Waals surface area contributed by atoms with E-state index in [0.29, 0.717) is 29.5 Å². The van der Waals surface area contributed by atoms with Crippen molar-refractivity contribution in [3.8, 4) is 11.5 Å². The van der Waals surface area contributed by atoms with Crippen molar-refractivity contribution in [2.75, 3.05) is 24.6 Å². The van der Waals surface area contributed by atoms with E-state index < -0.39 is 15.9 Å². The van der Waals surface area contributed by atoms with Crippen molar-refractivity contribution in [1.29, 1.82) is 0 Å². The molecule has 0 radical (unpaired) electrons. The molecule has 8 heteroatoms. The minimum absolute atomic E-state index is 0.114. The second-order valence-corrected chi connectivity index (χ2v) is 6.16. The first-order chi connectivity index (χ1) is 11.1. The summed E-state index contributed by atoms with van der Waals surface area (Å²) in [6, 6.07) is 11.3. The summed E-state index contributed by atoms with van der Waals surface area (Å²) in [4.78, 5) is 10.7. The molecule has 0 saturated carbocycles. The molecule has 0 aromatic heterocycles. The van der Waals surface area contributed by atoms with Crippen molar-refractivity contribution in [3.05, 3.63) is 52.6 Å². The quantitative estimate of drug-likeness (QED) is 0.636. The Balaban J connectivity index is 1.99. The van der Waals surface area contributed by atoms with Crippen LogP contribution in [0.3, 0.4) is 0 Å². The van der Waals surface area contributed by atoms with E-state index in [4.69, 9.17) is 9.47 Å². The highest BCUT2D eigenvalue weighted by atomic mass is 32.2. The van der Waals surface area contributed by atoms with Crippen molar-refractivity contribution >= 4 is 22.4 Å². The van der Waals surface area contributed by atoms with Crippen LogP contribution in [0.4, 0.5) is 11.4 Å². The molecule has 0 fully saturated rings. The highest BCUT2D eigenvalue weighted by Gasteiger charge is 2.25. The fraction of sp³-hybridized carbons (Fsp3) is 0.200. The number of nitro benzene ring substituents is 1. The monoisotopic (exact) mass is 334 g/mol. The summed E-state index contributed by atoms with van der Waals surface area (Å²) in [5, 5.41) is 10.9. The maximum absolute atomic E-state index is 12.9. The van der Waals surface area contributed by atoms with Crippen molar-refractivity contribution in [3.63, 3.8) is 0 Å². The first-order valence-corrected chi connectivity index (χ1v) is 7.95. The predicted molar refractivity (Wildman–Crippen MR) is 85.3 cm³/mol. The third kappa shape index (κ3) is 2.98. The van der Waals surface area contributed by atoms with E-state index in [0.717, 1.165) is 5.69 Å². The second-order valence-electron chi connectivity index (χ2n) is 4.79. The van der Waals surface area contributed by atoms with Gasteiger partial charge in [0.1, 0.15) is 23.0 Å². The first kappa shape index (κ1) is 15.3. The molecule has 1 atom stereocenters. The summed E-state index contributed by atoms with van der Waals surface area (Å²) in [6.45, 7) is 0.740. The number of ether oxygens (including phenoxy) is 2. The van der Waals surface area contributed by atoms with Gasteiger partial charge in [0, 0.05) is 17.8 Å². The van der Waals surface area contributed by atoms with Gasteiger partial charge in [0.05, 0.1) is 18.6 Å². The van der Waals surface area contributed by atoms with Gasteiger partial charge in [0.2, 0.25) is 0 Å². The second kappa shape index (κ2) is 6.25. The molecule has 3 rings (SSSR count). The molecule has 0 bridgehead atoms. The maximum atomic E-state index is 12.9. The van der Waals surface area contributed by atoms with E-state index in [1.807, 2.05) is 0 Å². The van der Waals surface area contributed by atoms with Gasteiger partial charge < -0.3 is 9.47 Å². The van der Waals surface area contributed by atoms with Crippen LogP contribution in [0.5, 0.6) is 11.5 Å². The topological polar surface area (TPSA) is 81.9 Å². The fourth-order valence-corrected chi connectivity index (χ4v) is 3.59. The molecular formula is C15H14N2O5S. The molecule has 0 amide bonds. The zero-order chi connectivity index (χ0) is 16.4. The highest BCUT2D eigenvalue weighted by Crippen LogP contribution is 2.33. The lowest BCUT2D eigenvalue weighted by Crippen LogP contribution is -2.27. The van der Waals surface area contributed by atoms with Gasteiger partial charge in [-0.1, -0.05) is 0 Å². The Labute approximate surface area is 135 Å². The molecule has 1 aliphatic heterocycles. The molecule has 2 aromatic rings. The van der Waals surface area contributed by atoms with Gasteiger partial charge in [-0.2, -0.15) is 0 Å². The number of nitrogens with zero attached hydrogens (tertiary/aromatic N) is 2. The van der Waals surface area contributed by atoms with Gasteiger partial charge in [-0.05, 0) is 30.3 Å². The van der Waals surface area contributed by atoms with E-state index in [-0.39, 0.29) is 5.69 Å². The zero-order valence-electron chi connectivity index (χ0n) is 12.3. The number of benzene rings is 2. The lowest BCUT2D eigenvalue weighted by Gasteiger charge is -2.20. The molecule has 23 heavy (non-hydrogen) atoms. The molecule has 0 saturated heterocycles.